The summed E-state index contributed by atoms with van der Waals surface area (Å²) in [6.45, 7) is 0. The minimum absolute atomic E-state index is 0.171. The van der Waals surface area contributed by atoms with Crippen LogP contribution in [0.3, 0.4) is 0 Å². The second-order valence-corrected chi connectivity index (χ2v) is 12.8. The van der Waals surface area contributed by atoms with Crippen molar-refractivity contribution >= 4 is 65.5 Å². The highest BCUT2D eigenvalue weighted by atomic mass is 32.2. The van der Waals surface area contributed by atoms with Crippen LogP contribution in [-0.2, 0) is 9.84 Å². The van der Waals surface area contributed by atoms with E-state index in [1.807, 2.05) is 47.2 Å². The lowest BCUT2D eigenvalue weighted by atomic mass is 10.0. The van der Waals surface area contributed by atoms with Crippen LogP contribution in [0.15, 0.2) is 118 Å². The van der Waals surface area contributed by atoms with E-state index in [1.165, 1.54) is 22.7 Å². The minimum Gasteiger partial charge on any atom is -0.399 e. The highest BCUT2D eigenvalue weighted by molar-refractivity contribution is 7.91. The van der Waals surface area contributed by atoms with Crippen LogP contribution in [0.5, 0.6) is 0 Å². The maximum atomic E-state index is 14.5. The quantitative estimate of drug-likeness (QED) is 0.133. The van der Waals surface area contributed by atoms with Crippen LogP contribution in [0, 0.1) is 0 Å². The molecule has 4 aromatic carbocycles. The number of nitrogens with two attached hydrogens (primary N) is 2. The third-order valence-corrected chi connectivity index (χ3v) is 9.60. The van der Waals surface area contributed by atoms with E-state index in [0.29, 0.717) is 44.1 Å². The smallest absolute Gasteiger partial charge is 0.207 e. The molecule has 0 radical (unpaired) electrons. The lowest BCUT2D eigenvalue weighted by Gasteiger charge is -2.17. The Morgan fingerprint density at radius 1 is 0.585 bits per heavy atom. The molecular weight excluding hydrogens is 573 g/mol. The van der Waals surface area contributed by atoms with E-state index in [1.54, 1.807) is 60.9 Å². The van der Waals surface area contributed by atoms with Crippen molar-refractivity contribution < 1.29 is 8.42 Å². The molecule has 0 saturated heterocycles. The monoisotopic (exact) mass is 596 g/mol. The predicted octanol–water partition coefficient (Wildman–Crippen LogP) is 7.42. The zero-order valence-corrected chi connectivity index (χ0v) is 23.9. The SMILES string of the molecule is Nc1ccc(-c2cc(Nc3nccs3)ccc2S(=O)(=O)c2ccc(Nc3nccs3)cc2-c2ccc(N)cc2)cc1. The van der Waals surface area contributed by atoms with Crippen LogP contribution in [0.4, 0.5) is 33.0 Å². The molecule has 0 unspecified atom stereocenters. The summed E-state index contributed by atoms with van der Waals surface area (Å²) in [7, 11) is -4.02. The molecule has 0 aliphatic carbocycles. The largest absolute Gasteiger partial charge is 0.399 e. The van der Waals surface area contributed by atoms with Gasteiger partial charge in [0.25, 0.3) is 0 Å². The molecule has 0 aliphatic rings. The summed E-state index contributed by atoms with van der Waals surface area (Å²) in [6.07, 6.45) is 3.41. The van der Waals surface area contributed by atoms with Crippen molar-refractivity contribution in [2.45, 2.75) is 9.79 Å². The lowest BCUT2D eigenvalue weighted by Crippen LogP contribution is -2.07. The fraction of sp³-hybridized carbons (Fsp3) is 0. The van der Waals surface area contributed by atoms with Crippen molar-refractivity contribution in [2.75, 3.05) is 22.1 Å². The zero-order valence-electron chi connectivity index (χ0n) is 21.5. The van der Waals surface area contributed by atoms with Gasteiger partial charge >= 0.3 is 0 Å². The maximum absolute atomic E-state index is 14.5. The Morgan fingerprint density at radius 3 is 1.37 bits per heavy atom. The Labute approximate surface area is 245 Å². The highest BCUT2D eigenvalue weighted by Gasteiger charge is 2.26. The van der Waals surface area contributed by atoms with Gasteiger partial charge in [0, 0.05) is 57.0 Å². The molecule has 0 spiro atoms. The molecule has 0 atom stereocenters. The number of benzene rings is 4. The van der Waals surface area contributed by atoms with Crippen molar-refractivity contribution in [1.29, 1.82) is 0 Å². The molecule has 41 heavy (non-hydrogen) atoms. The Bertz CT molecular complexity index is 1770. The number of hydrogen-bond donors (Lipinski definition) is 4. The predicted molar refractivity (Wildman–Crippen MR) is 169 cm³/mol. The van der Waals surface area contributed by atoms with Crippen LogP contribution < -0.4 is 22.1 Å². The van der Waals surface area contributed by atoms with E-state index < -0.39 is 9.84 Å². The number of rotatable bonds is 8. The third-order valence-electron chi connectivity index (χ3n) is 6.35. The minimum atomic E-state index is -4.02. The molecule has 11 heteroatoms. The van der Waals surface area contributed by atoms with Crippen molar-refractivity contribution in [3.05, 3.63) is 108 Å². The highest BCUT2D eigenvalue weighted by Crippen LogP contribution is 2.39. The molecule has 0 aliphatic heterocycles. The topological polar surface area (TPSA) is 136 Å². The number of nitrogen functional groups attached to an aromatic ring is 2. The normalized spacial score (nSPS) is 11.3. The van der Waals surface area contributed by atoms with E-state index in [-0.39, 0.29) is 9.79 Å². The Morgan fingerprint density at radius 2 is 1.00 bits per heavy atom. The van der Waals surface area contributed by atoms with Gasteiger partial charge < -0.3 is 22.1 Å². The summed E-state index contributed by atoms with van der Waals surface area (Å²) in [5.74, 6) is 0. The standard InChI is InChI=1S/C30H24N6O2S3/c31-21-5-1-19(2-6-21)25-17-23(35-29-33-13-15-39-29)9-11-27(25)41(37,38)28-12-10-24(36-30-34-14-16-40-30)18-26(28)20-3-7-22(32)8-4-20/h1-18H,31-32H2,(H,33,35)(H,34,36). The van der Waals surface area contributed by atoms with Gasteiger partial charge in [-0.25, -0.2) is 18.4 Å². The Hall–Kier alpha value is -4.71. The molecule has 6 N–H and O–H groups in total. The molecule has 6 rings (SSSR count). The fourth-order valence-corrected chi connectivity index (χ4v) is 7.16. The van der Waals surface area contributed by atoms with Crippen LogP contribution in [0.25, 0.3) is 22.3 Å². The van der Waals surface area contributed by atoms with E-state index in [9.17, 15) is 8.42 Å². The molecule has 2 aromatic heterocycles. The van der Waals surface area contributed by atoms with Gasteiger partial charge in [0.05, 0.1) is 9.79 Å². The van der Waals surface area contributed by atoms with Crippen molar-refractivity contribution in [3.8, 4) is 22.3 Å². The van der Waals surface area contributed by atoms with E-state index in [4.69, 9.17) is 11.5 Å². The molecule has 2 heterocycles. The van der Waals surface area contributed by atoms with Crippen LogP contribution in [0.2, 0.25) is 0 Å². The molecule has 204 valence electrons. The van der Waals surface area contributed by atoms with Gasteiger partial charge in [0.2, 0.25) is 9.84 Å². The summed E-state index contributed by atoms with van der Waals surface area (Å²) >= 11 is 2.91. The van der Waals surface area contributed by atoms with Gasteiger partial charge in [0.1, 0.15) is 0 Å². The lowest BCUT2D eigenvalue weighted by molar-refractivity contribution is 0.596. The van der Waals surface area contributed by atoms with E-state index in [0.717, 1.165) is 11.1 Å². The molecule has 8 nitrogen and oxygen atoms in total. The molecule has 0 bridgehead atoms. The number of sulfone groups is 1. The Kier molecular flexibility index (Phi) is 7.14. The first kappa shape index (κ1) is 26.5. The average Bonchev–Trinajstić information content (AvgIpc) is 3.68. The van der Waals surface area contributed by atoms with Crippen molar-refractivity contribution in [2.24, 2.45) is 0 Å². The average molecular weight is 597 g/mol. The van der Waals surface area contributed by atoms with Crippen LogP contribution in [0.1, 0.15) is 0 Å². The van der Waals surface area contributed by atoms with Gasteiger partial charge in [-0.1, -0.05) is 24.3 Å². The van der Waals surface area contributed by atoms with Gasteiger partial charge in [0.15, 0.2) is 10.3 Å². The first-order valence-corrected chi connectivity index (χ1v) is 15.7. The van der Waals surface area contributed by atoms with Gasteiger partial charge in [-0.2, -0.15) is 0 Å². The van der Waals surface area contributed by atoms with Crippen molar-refractivity contribution in [1.82, 2.24) is 9.97 Å². The van der Waals surface area contributed by atoms with Crippen LogP contribution >= 0.6 is 22.7 Å². The molecule has 0 amide bonds. The number of nitrogens with zero attached hydrogens (tertiary/aromatic N) is 2. The first-order chi connectivity index (χ1) is 19.9. The molecule has 6 aromatic rings. The van der Waals surface area contributed by atoms with E-state index >= 15 is 0 Å². The Balaban J connectivity index is 1.51. The molecular formula is C30H24N6O2S3. The van der Waals surface area contributed by atoms with Gasteiger partial charge in [-0.05, 0) is 71.8 Å². The van der Waals surface area contributed by atoms with Gasteiger partial charge in [-0.15, -0.1) is 22.7 Å². The van der Waals surface area contributed by atoms with Gasteiger partial charge in [-0.3, -0.25) is 0 Å². The maximum Gasteiger partial charge on any atom is 0.207 e. The third kappa shape index (κ3) is 5.64. The summed E-state index contributed by atoms with van der Waals surface area (Å²) in [4.78, 5) is 8.91. The van der Waals surface area contributed by atoms with Crippen LogP contribution in [-0.4, -0.2) is 18.4 Å². The first-order valence-electron chi connectivity index (χ1n) is 12.4. The number of aromatic nitrogens is 2. The summed E-state index contributed by atoms with van der Waals surface area (Å²) in [5, 5.41) is 11.7. The molecule has 0 saturated carbocycles. The number of hydrogen-bond acceptors (Lipinski definition) is 10. The number of anilines is 6. The summed E-state index contributed by atoms with van der Waals surface area (Å²) < 4.78 is 29.0. The second-order valence-electron chi connectivity index (χ2n) is 9.09. The zero-order chi connectivity index (χ0) is 28.4. The molecule has 0 fully saturated rings. The number of thiazole rings is 2. The van der Waals surface area contributed by atoms with E-state index in [2.05, 4.69) is 20.6 Å². The summed E-state index contributed by atoms with van der Waals surface area (Å²) in [5.41, 5.74) is 17.0. The number of nitrogens with one attached hydrogen (secondary N) is 2. The summed E-state index contributed by atoms with van der Waals surface area (Å²) in [6, 6.07) is 24.7. The van der Waals surface area contributed by atoms with Crippen molar-refractivity contribution in [3.63, 3.8) is 0 Å². The second kappa shape index (κ2) is 11.0. The fourth-order valence-electron chi connectivity index (χ4n) is 4.40.